The molecule has 2 heterocycles. The molecule has 0 bridgehead atoms. The van der Waals surface area contributed by atoms with E-state index in [1.54, 1.807) is 43.0 Å². The number of halogens is 2. The molecular formula is C19H16Cl2N4O. The average Bonchev–Trinajstić information content (AvgIpc) is 2.66. The molecule has 0 fully saturated rings. The molecule has 0 saturated heterocycles. The van der Waals surface area contributed by atoms with Crippen LogP contribution in [-0.4, -0.2) is 27.4 Å². The molecule has 1 N–H and O–H groups in total. The monoisotopic (exact) mass is 386 g/mol. The van der Waals surface area contributed by atoms with Crippen molar-refractivity contribution in [2.75, 3.05) is 6.54 Å². The first-order valence-electron chi connectivity index (χ1n) is 7.97. The van der Waals surface area contributed by atoms with E-state index in [2.05, 4.69) is 20.3 Å². The standard InChI is InChI=1S/C19H16Cl2N4O/c1-12-23-9-14(10-24-12)16(13-5-7-22-8-6-13)11-25-19(26)15-3-2-4-17(20)18(15)21/h2-10,16H,11H2,1H3,(H,25,26). The van der Waals surface area contributed by atoms with E-state index in [0.717, 1.165) is 11.1 Å². The van der Waals surface area contributed by atoms with Gasteiger partial charge in [0.2, 0.25) is 0 Å². The quantitative estimate of drug-likeness (QED) is 0.717. The first kappa shape index (κ1) is 18.3. The minimum atomic E-state index is -0.287. The predicted octanol–water partition coefficient (Wildman–Crippen LogP) is 4.05. The molecule has 26 heavy (non-hydrogen) atoms. The number of aryl methyl sites for hydroxylation is 1. The van der Waals surface area contributed by atoms with Gasteiger partial charge in [-0.05, 0) is 42.3 Å². The highest BCUT2D eigenvalue weighted by atomic mass is 35.5. The summed E-state index contributed by atoms with van der Waals surface area (Å²) < 4.78 is 0. The maximum Gasteiger partial charge on any atom is 0.252 e. The van der Waals surface area contributed by atoms with Crippen molar-refractivity contribution in [3.63, 3.8) is 0 Å². The van der Waals surface area contributed by atoms with Gasteiger partial charge in [-0.3, -0.25) is 9.78 Å². The number of nitrogens with zero attached hydrogens (tertiary/aromatic N) is 3. The van der Waals surface area contributed by atoms with E-state index in [1.807, 2.05) is 19.1 Å². The molecule has 1 atom stereocenters. The second kappa shape index (κ2) is 8.25. The van der Waals surface area contributed by atoms with Gasteiger partial charge in [0.1, 0.15) is 5.82 Å². The number of carbonyl (C=O) groups is 1. The number of rotatable bonds is 5. The smallest absolute Gasteiger partial charge is 0.252 e. The highest BCUT2D eigenvalue weighted by Crippen LogP contribution is 2.26. The Balaban J connectivity index is 1.83. The highest BCUT2D eigenvalue weighted by Gasteiger charge is 2.18. The van der Waals surface area contributed by atoms with Crippen molar-refractivity contribution in [1.29, 1.82) is 0 Å². The number of pyridine rings is 1. The second-order valence-electron chi connectivity index (χ2n) is 5.71. The van der Waals surface area contributed by atoms with Crippen LogP contribution in [0.4, 0.5) is 0 Å². The van der Waals surface area contributed by atoms with Crippen molar-refractivity contribution in [2.45, 2.75) is 12.8 Å². The fourth-order valence-electron chi connectivity index (χ4n) is 2.58. The van der Waals surface area contributed by atoms with Crippen LogP contribution in [0, 0.1) is 6.92 Å². The zero-order valence-electron chi connectivity index (χ0n) is 14.0. The summed E-state index contributed by atoms with van der Waals surface area (Å²) in [4.78, 5) is 25.1. The second-order valence-corrected chi connectivity index (χ2v) is 6.49. The molecule has 5 nitrogen and oxygen atoms in total. The normalized spacial score (nSPS) is 11.8. The van der Waals surface area contributed by atoms with Crippen LogP contribution >= 0.6 is 23.2 Å². The average molecular weight is 387 g/mol. The van der Waals surface area contributed by atoms with Crippen LogP contribution in [0.2, 0.25) is 10.0 Å². The summed E-state index contributed by atoms with van der Waals surface area (Å²) in [6, 6.07) is 8.79. The number of carbonyl (C=O) groups excluding carboxylic acids is 1. The molecule has 0 aliphatic heterocycles. The van der Waals surface area contributed by atoms with E-state index in [0.29, 0.717) is 23.0 Å². The summed E-state index contributed by atoms with van der Waals surface area (Å²) in [5.74, 6) is 0.294. The van der Waals surface area contributed by atoms with Crippen molar-refractivity contribution in [3.05, 3.63) is 87.7 Å². The number of hydrogen-bond donors (Lipinski definition) is 1. The zero-order valence-corrected chi connectivity index (χ0v) is 15.5. The van der Waals surface area contributed by atoms with E-state index in [4.69, 9.17) is 23.2 Å². The first-order valence-corrected chi connectivity index (χ1v) is 8.72. The van der Waals surface area contributed by atoms with Gasteiger partial charge in [0.05, 0.1) is 15.6 Å². The molecule has 1 aromatic carbocycles. The third-order valence-corrected chi connectivity index (χ3v) is 4.79. The maximum absolute atomic E-state index is 12.5. The van der Waals surface area contributed by atoms with Gasteiger partial charge >= 0.3 is 0 Å². The number of benzene rings is 1. The van der Waals surface area contributed by atoms with Crippen molar-refractivity contribution in [1.82, 2.24) is 20.3 Å². The van der Waals surface area contributed by atoms with Gasteiger partial charge in [-0.1, -0.05) is 29.3 Å². The van der Waals surface area contributed by atoms with Crippen LogP contribution < -0.4 is 5.32 Å². The Kier molecular flexibility index (Phi) is 5.81. The summed E-state index contributed by atoms with van der Waals surface area (Å²) in [5, 5.41) is 3.51. The fourth-order valence-corrected chi connectivity index (χ4v) is 2.96. The highest BCUT2D eigenvalue weighted by molar-refractivity contribution is 6.43. The Morgan fingerprint density at radius 1 is 1.08 bits per heavy atom. The van der Waals surface area contributed by atoms with Crippen LogP contribution in [0.5, 0.6) is 0 Å². The molecule has 0 saturated carbocycles. The molecule has 2 aromatic heterocycles. The Morgan fingerprint density at radius 2 is 1.77 bits per heavy atom. The molecule has 0 radical (unpaired) electrons. The summed E-state index contributed by atoms with van der Waals surface area (Å²) in [5.41, 5.74) is 2.25. The van der Waals surface area contributed by atoms with Gasteiger partial charge in [-0.25, -0.2) is 9.97 Å². The van der Waals surface area contributed by atoms with Gasteiger partial charge < -0.3 is 5.32 Å². The molecule has 1 amide bonds. The van der Waals surface area contributed by atoms with Gasteiger partial charge in [-0.15, -0.1) is 0 Å². The van der Waals surface area contributed by atoms with Crippen LogP contribution in [0.3, 0.4) is 0 Å². The van der Waals surface area contributed by atoms with Crippen molar-refractivity contribution < 1.29 is 4.79 Å². The van der Waals surface area contributed by atoms with Gasteiger partial charge in [0.15, 0.2) is 0 Å². The summed E-state index contributed by atoms with van der Waals surface area (Å²) in [7, 11) is 0. The Morgan fingerprint density at radius 3 is 2.46 bits per heavy atom. The number of aromatic nitrogens is 3. The van der Waals surface area contributed by atoms with E-state index >= 15 is 0 Å². The van der Waals surface area contributed by atoms with Crippen LogP contribution in [0.15, 0.2) is 55.1 Å². The summed E-state index contributed by atoms with van der Waals surface area (Å²) >= 11 is 12.1. The van der Waals surface area contributed by atoms with Gasteiger partial charge in [0.25, 0.3) is 5.91 Å². The SMILES string of the molecule is Cc1ncc(C(CNC(=O)c2cccc(Cl)c2Cl)c2ccncc2)cn1. The number of nitrogens with one attached hydrogen (secondary N) is 1. The lowest BCUT2D eigenvalue weighted by atomic mass is 9.94. The minimum Gasteiger partial charge on any atom is -0.351 e. The third-order valence-electron chi connectivity index (χ3n) is 3.97. The molecule has 0 aliphatic rings. The molecule has 0 spiro atoms. The molecule has 0 aliphatic carbocycles. The molecule has 3 rings (SSSR count). The first-order chi connectivity index (χ1) is 12.6. The largest absolute Gasteiger partial charge is 0.351 e. The Labute approximate surface area is 161 Å². The minimum absolute atomic E-state index is 0.111. The lowest BCUT2D eigenvalue weighted by molar-refractivity contribution is 0.0952. The Hall–Kier alpha value is -2.50. The van der Waals surface area contributed by atoms with E-state index < -0.39 is 0 Å². The van der Waals surface area contributed by atoms with Crippen molar-refractivity contribution in [2.24, 2.45) is 0 Å². The van der Waals surface area contributed by atoms with Gasteiger partial charge in [-0.2, -0.15) is 0 Å². The van der Waals surface area contributed by atoms with E-state index in [1.165, 1.54) is 0 Å². The lowest BCUT2D eigenvalue weighted by Gasteiger charge is -2.18. The van der Waals surface area contributed by atoms with Crippen LogP contribution in [0.1, 0.15) is 33.2 Å². The molecule has 7 heteroatoms. The van der Waals surface area contributed by atoms with Crippen molar-refractivity contribution in [3.8, 4) is 0 Å². The third kappa shape index (κ3) is 4.18. The summed E-state index contributed by atoms with van der Waals surface area (Å²) in [6.07, 6.45) is 6.97. The summed E-state index contributed by atoms with van der Waals surface area (Å²) in [6.45, 7) is 2.19. The number of hydrogen-bond acceptors (Lipinski definition) is 4. The van der Waals surface area contributed by atoms with Crippen LogP contribution in [0.25, 0.3) is 0 Å². The maximum atomic E-state index is 12.5. The zero-order chi connectivity index (χ0) is 18.5. The Bertz CT molecular complexity index is 901. The van der Waals surface area contributed by atoms with E-state index in [9.17, 15) is 4.79 Å². The predicted molar refractivity (Wildman–Crippen MR) is 102 cm³/mol. The topological polar surface area (TPSA) is 67.8 Å². The fraction of sp³-hybridized carbons (Fsp3) is 0.158. The number of amides is 1. The van der Waals surface area contributed by atoms with Gasteiger partial charge in [0, 0.05) is 37.3 Å². The molecular weight excluding hydrogens is 371 g/mol. The van der Waals surface area contributed by atoms with Crippen LogP contribution in [-0.2, 0) is 0 Å². The molecule has 3 aromatic rings. The van der Waals surface area contributed by atoms with Crippen molar-refractivity contribution >= 4 is 29.1 Å². The lowest BCUT2D eigenvalue weighted by Crippen LogP contribution is -2.29. The molecule has 1 unspecified atom stereocenters. The molecule has 132 valence electrons. The van der Waals surface area contributed by atoms with E-state index in [-0.39, 0.29) is 16.8 Å².